The summed E-state index contributed by atoms with van der Waals surface area (Å²) < 4.78 is 38.9. The van der Waals surface area contributed by atoms with Gasteiger partial charge < -0.3 is 14.7 Å². The largest absolute Gasteiger partial charge is 0.478 e. The van der Waals surface area contributed by atoms with Gasteiger partial charge in [0.1, 0.15) is 0 Å². The third-order valence-corrected chi connectivity index (χ3v) is 4.45. The zero-order valence-electron chi connectivity index (χ0n) is 12.6. The fourth-order valence-electron chi connectivity index (χ4n) is 2.58. The average Bonchev–Trinajstić information content (AvgIpc) is 2.83. The quantitative estimate of drug-likeness (QED) is 0.611. The molecule has 1 N–H and O–H groups in total. The summed E-state index contributed by atoms with van der Waals surface area (Å²) in [7, 11) is -3.63. The van der Waals surface area contributed by atoms with Crippen LogP contribution in [0.2, 0.25) is 0 Å². The molecule has 1 amide bonds. The maximum atomic E-state index is 12.8. The molecule has 2 rings (SSSR count). The molecule has 1 aliphatic heterocycles. The maximum Gasteiger partial charge on any atom is 0.339 e. The minimum atomic E-state index is -4.75. The van der Waals surface area contributed by atoms with Crippen LogP contribution in [0.15, 0.2) is 18.2 Å². The van der Waals surface area contributed by atoms with E-state index < -0.39 is 39.7 Å². The number of carbonyl (C=O) groups excluding carboxylic acids is 2. The van der Waals surface area contributed by atoms with Gasteiger partial charge in [-0.25, -0.2) is 9.59 Å². The summed E-state index contributed by atoms with van der Waals surface area (Å²) in [5, 5.41) is 9.06. The van der Waals surface area contributed by atoms with Crippen molar-refractivity contribution in [2.75, 3.05) is 24.3 Å². The van der Waals surface area contributed by atoms with E-state index in [2.05, 4.69) is 4.74 Å². The smallest absolute Gasteiger partial charge is 0.339 e. The molecule has 0 saturated carbocycles. The Balaban J connectivity index is 2.42. The highest BCUT2D eigenvalue weighted by Crippen LogP contribution is 2.30. The summed E-state index contributed by atoms with van der Waals surface area (Å²) in [4.78, 5) is 36.1. The van der Waals surface area contributed by atoms with Crippen LogP contribution in [0.1, 0.15) is 27.1 Å². The fraction of sp³-hybridized carbons (Fsp3) is 0.357. The Hall–Kier alpha value is -2.49. The Labute approximate surface area is 137 Å². The Morgan fingerprint density at radius 2 is 2.08 bits per heavy atom. The number of anilines is 1. The van der Waals surface area contributed by atoms with E-state index >= 15 is 0 Å². The summed E-state index contributed by atoms with van der Waals surface area (Å²) in [6.45, 7) is -0.144. The first-order chi connectivity index (χ1) is 11.1. The highest BCUT2D eigenvalue weighted by Gasteiger charge is 2.35. The molecule has 0 radical (unpaired) electrons. The number of halogens is 1. The average molecular weight is 359 g/mol. The van der Waals surface area contributed by atoms with Crippen LogP contribution in [0.25, 0.3) is 0 Å². The minimum absolute atomic E-state index is 0.00879. The number of ether oxygens (including phenoxy) is 1. The number of benzene rings is 1. The van der Waals surface area contributed by atoms with Gasteiger partial charge in [-0.05, 0) is 18.2 Å². The van der Waals surface area contributed by atoms with Crippen molar-refractivity contribution >= 4 is 33.8 Å². The van der Waals surface area contributed by atoms with Gasteiger partial charge in [-0.2, -0.15) is 8.42 Å². The summed E-state index contributed by atoms with van der Waals surface area (Å²) in [6.07, 6.45) is -0.221. The first kappa shape index (κ1) is 17.9. The maximum absolute atomic E-state index is 12.8. The van der Waals surface area contributed by atoms with E-state index in [0.29, 0.717) is 0 Å². The van der Waals surface area contributed by atoms with Crippen LogP contribution in [0.5, 0.6) is 0 Å². The molecule has 0 spiro atoms. The number of nitrogens with zero attached hydrogens (tertiary/aromatic N) is 1. The van der Waals surface area contributed by atoms with Gasteiger partial charge in [-0.3, -0.25) is 4.79 Å². The fourth-order valence-corrected chi connectivity index (χ4v) is 3.36. The third kappa shape index (κ3) is 3.88. The van der Waals surface area contributed by atoms with Crippen LogP contribution in [0, 0.1) is 5.92 Å². The molecule has 1 fully saturated rings. The summed E-state index contributed by atoms with van der Waals surface area (Å²) in [5.74, 6) is -4.18. The van der Waals surface area contributed by atoms with Gasteiger partial charge in [0.05, 0.1) is 29.7 Å². The number of hydrogen-bond donors (Lipinski definition) is 1. The second-order valence-corrected chi connectivity index (χ2v) is 6.72. The lowest BCUT2D eigenvalue weighted by molar-refractivity contribution is -0.117. The van der Waals surface area contributed by atoms with E-state index in [1.807, 2.05) is 0 Å². The van der Waals surface area contributed by atoms with Crippen LogP contribution in [0.4, 0.5) is 9.57 Å². The Morgan fingerprint density at radius 3 is 2.62 bits per heavy atom. The monoisotopic (exact) mass is 359 g/mol. The first-order valence-electron chi connectivity index (χ1n) is 6.80. The van der Waals surface area contributed by atoms with Crippen molar-refractivity contribution in [3.63, 3.8) is 0 Å². The van der Waals surface area contributed by atoms with Crippen LogP contribution in [-0.4, -0.2) is 50.8 Å². The predicted molar refractivity (Wildman–Crippen MR) is 80.1 cm³/mol. The molecule has 1 aliphatic rings. The minimum Gasteiger partial charge on any atom is -0.478 e. The number of methoxy groups -OCH3 is 1. The molecule has 1 aromatic carbocycles. The zero-order chi connectivity index (χ0) is 18.1. The normalized spacial score (nSPS) is 17.8. The highest BCUT2D eigenvalue weighted by atomic mass is 32.3. The SMILES string of the molecule is COC(=O)c1ccc(C(=O)O)cc1N1CC(CS(=O)(=O)F)CC1=O. The van der Waals surface area contributed by atoms with E-state index in [0.717, 1.165) is 18.1 Å². The summed E-state index contributed by atoms with van der Waals surface area (Å²) >= 11 is 0. The number of hydrogen-bond acceptors (Lipinski definition) is 6. The molecule has 24 heavy (non-hydrogen) atoms. The number of rotatable bonds is 5. The number of carboxylic acids is 1. The Kier molecular flexibility index (Phi) is 4.88. The molecule has 1 unspecified atom stereocenters. The van der Waals surface area contributed by atoms with E-state index in [9.17, 15) is 26.7 Å². The van der Waals surface area contributed by atoms with Gasteiger partial charge in [0, 0.05) is 18.9 Å². The second-order valence-electron chi connectivity index (χ2n) is 5.31. The van der Waals surface area contributed by atoms with Crippen molar-refractivity contribution in [3.8, 4) is 0 Å². The Bertz CT molecular complexity index is 805. The van der Waals surface area contributed by atoms with Crippen LogP contribution >= 0.6 is 0 Å². The number of esters is 1. The number of aromatic carboxylic acids is 1. The van der Waals surface area contributed by atoms with Gasteiger partial charge >= 0.3 is 22.2 Å². The van der Waals surface area contributed by atoms with E-state index in [1.165, 1.54) is 12.1 Å². The molecule has 0 aromatic heterocycles. The van der Waals surface area contributed by atoms with Crippen molar-refractivity contribution in [1.82, 2.24) is 0 Å². The molecule has 8 nitrogen and oxygen atoms in total. The summed E-state index contributed by atoms with van der Waals surface area (Å²) in [6, 6.07) is 3.51. The second kappa shape index (κ2) is 6.56. The lowest BCUT2D eigenvalue weighted by Gasteiger charge is -2.20. The van der Waals surface area contributed by atoms with E-state index in [4.69, 9.17) is 5.11 Å². The molecule has 130 valence electrons. The molecule has 1 aromatic rings. The first-order valence-corrected chi connectivity index (χ1v) is 8.36. The van der Waals surface area contributed by atoms with Crippen molar-refractivity contribution in [3.05, 3.63) is 29.3 Å². The van der Waals surface area contributed by atoms with Crippen LogP contribution in [-0.2, 0) is 19.8 Å². The lowest BCUT2D eigenvalue weighted by Crippen LogP contribution is -2.27. The van der Waals surface area contributed by atoms with E-state index in [1.54, 1.807) is 0 Å². The van der Waals surface area contributed by atoms with Gasteiger partial charge in [-0.15, -0.1) is 3.89 Å². The third-order valence-electron chi connectivity index (χ3n) is 3.58. The number of amides is 1. The standard InChI is InChI=1S/C14H14FNO7S/c1-23-14(20)10-3-2-9(13(18)19)5-11(10)16-6-8(4-12(16)17)7-24(15,21)22/h2-3,5,8H,4,6-7H2,1H3,(H,18,19). The van der Waals surface area contributed by atoms with Gasteiger partial charge in [-0.1, -0.05) is 0 Å². The van der Waals surface area contributed by atoms with E-state index in [-0.39, 0.29) is 29.8 Å². The van der Waals surface area contributed by atoms with Gasteiger partial charge in [0.2, 0.25) is 5.91 Å². The molecule has 1 saturated heterocycles. The van der Waals surface area contributed by atoms with Crippen LogP contribution in [0.3, 0.4) is 0 Å². The van der Waals surface area contributed by atoms with Crippen molar-refractivity contribution < 1.29 is 36.5 Å². The van der Waals surface area contributed by atoms with Crippen molar-refractivity contribution in [1.29, 1.82) is 0 Å². The van der Waals surface area contributed by atoms with Crippen LogP contribution < -0.4 is 4.90 Å². The summed E-state index contributed by atoms with van der Waals surface area (Å²) in [5.41, 5.74) is -0.211. The van der Waals surface area contributed by atoms with Gasteiger partial charge in [0.15, 0.2) is 0 Å². The molecule has 1 atom stereocenters. The molecule has 10 heteroatoms. The molecule has 0 aliphatic carbocycles. The van der Waals surface area contributed by atoms with Crippen molar-refractivity contribution in [2.24, 2.45) is 5.92 Å². The lowest BCUT2D eigenvalue weighted by atomic mass is 10.1. The number of carbonyl (C=O) groups is 3. The highest BCUT2D eigenvalue weighted by molar-refractivity contribution is 7.86. The number of carboxylic acid groups (broad SMARTS) is 1. The van der Waals surface area contributed by atoms with Crippen molar-refractivity contribution in [2.45, 2.75) is 6.42 Å². The molecule has 1 heterocycles. The molecular formula is C14H14FNO7S. The molecular weight excluding hydrogens is 345 g/mol. The topological polar surface area (TPSA) is 118 Å². The van der Waals surface area contributed by atoms with Gasteiger partial charge in [0.25, 0.3) is 0 Å². The predicted octanol–water partition coefficient (Wildman–Crippen LogP) is 0.824. The molecule has 0 bridgehead atoms. The Morgan fingerprint density at radius 1 is 1.42 bits per heavy atom. The zero-order valence-corrected chi connectivity index (χ0v) is 13.4.